The van der Waals surface area contributed by atoms with Crippen molar-refractivity contribution in [2.45, 2.75) is 32.2 Å². The van der Waals surface area contributed by atoms with Gasteiger partial charge in [0.2, 0.25) is 0 Å². The zero-order valence-electron chi connectivity index (χ0n) is 15.1. The highest BCUT2D eigenvalue weighted by Gasteiger charge is 2.48. The zero-order chi connectivity index (χ0) is 19.6. The fourth-order valence-electron chi connectivity index (χ4n) is 2.89. The lowest BCUT2D eigenvalue weighted by atomic mass is 9.93. The van der Waals surface area contributed by atoms with E-state index in [-0.39, 0.29) is 5.56 Å². The van der Waals surface area contributed by atoms with Crippen molar-refractivity contribution in [3.63, 3.8) is 0 Å². The molecular formula is C20H20FN3O3. The molecule has 27 heavy (non-hydrogen) atoms. The molecule has 6 nitrogen and oxygen atoms in total. The molecule has 0 aliphatic carbocycles. The van der Waals surface area contributed by atoms with Crippen molar-refractivity contribution in [3.05, 3.63) is 71.0 Å². The molecule has 1 fully saturated rings. The number of benzene rings is 2. The highest BCUT2D eigenvalue weighted by Crippen LogP contribution is 2.22. The van der Waals surface area contributed by atoms with Crippen molar-refractivity contribution < 1.29 is 18.8 Å². The summed E-state index contributed by atoms with van der Waals surface area (Å²) >= 11 is 0. The first-order valence-electron chi connectivity index (χ1n) is 8.58. The van der Waals surface area contributed by atoms with Crippen LogP contribution in [0.1, 0.15) is 34.8 Å². The van der Waals surface area contributed by atoms with Crippen molar-refractivity contribution in [1.29, 1.82) is 0 Å². The number of hydrogen-bond donors (Lipinski definition) is 2. The van der Waals surface area contributed by atoms with E-state index >= 15 is 0 Å². The number of halogens is 1. The van der Waals surface area contributed by atoms with E-state index < -0.39 is 29.2 Å². The number of aryl methyl sites for hydroxylation is 2. The number of carbonyl (C=O) groups excluding carboxylic acids is 3. The molecule has 0 saturated carbocycles. The normalized spacial score (nSPS) is 19.1. The van der Waals surface area contributed by atoms with Crippen LogP contribution < -0.4 is 10.7 Å². The van der Waals surface area contributed by atoms with Gasteiger partial charge in [-0.15, -0.1) is 0 Å². The third kappa shape index (κ3) is 3.81. The molecule has 3 rings (SSSR count). The van der Waals surface area contributed by atoms with Crippen molar-refractivity contribution in [1.82, 2.24) is 15.8 Å². The van der Waals surface area contributed by atoms with Crippen LogP contribution in [-0.2, 0) is 11.2 Å². The molecule has 1 heterocycles. The van der Waals surface area contributed by atoms with Crippen molar-refractivity contribution in [2.24, 2.45) is 0 Å². The summed E-state index contributed by atoms with van der Waals surface area (Å²) in [6.07, 6.45) is 0.974. The Labute approximate surface area is 156 Å². The first-order chi connectivity index (χ1) is 12.8. The van der Waals surface area contributed by atoms with Crippen LogP contribution in [0.3, 0.4) is 0 Å². The molecule has 1 aliphatic heterocycles. The number of urea groups is 1. The largest absolute Gasteiger partial charge is 0.344 e. The molecule has 2 N–H and O–H groups in total. The van der Waals surface area contributed by atoms with Gasteiger partial charge in [-0.1, -0.05) is 36.4 Å². The SMILES string of the molecule is Cc1ccc(C(=O)NN2C(=O)NC(C)(CCc3ccccc3)C2=O)cc1F. The first kappa shape index (κ1) is 18.6. The molecule has 1 aliphatic rings. The first-order valence-corrected chi connectivity index (χ1v) is 8.58. The number of rotatable bonds is 5. The van der Waals surface area contributed by atoms with E-state index in [0.29, 0.717) is 23.4 Å². The van der Waals surface area contributed by atoms with E-state index in [4.69, 9.17) is 0 Å². The second-order valence-corrected chi connectivity index (χ2v) is 6.79. The molecule has 7 heteroatoms. The second-order valence-electron chi connectivity index (χ2n) is 6.79. The molecule has 0 aromatic heterocycles. The van der Waals surface area contributed by atoms with Gasteiger partial charge in [0.15, 0.2) is 0 Å². The third-order valence-corrected chi connectivity index (χ3v) is 4.66. The molecule has 0 radical (unpaired) electrons. The van der Waals surface area contributed by atoms with Crippen LogP contribution in [-0.4, -0.2) is 28.4 Å². The van der Waals surface area contributed by atoms with Crippen molar-refractivity contribution >= 4 is 17.8 Å². The molecule has 4 amide bonds. The molecule has 0 bridgehead atoms. The molecule has 0 spiro atoms. The molecular weight excluding hydrogens is 349 g/mol. The van der Waals surface area contributed by atoms with E-state index in [1.54, 1.807) is 13.8 Å². The fraction of sp³-hybridized carbons (Fsp3) is 0.250. The van der Waals surface area contributed by atoms with Crippen LogP contribution in [0.15, 0.2) is 48.5 Å². The molecule has 1 atom stereocenters. The minimum Gasteiger partial charge on any atom is -0.322 e. The maximum atomic E-state index is 13.7. The van der Waals surface area contributed by atoms with Crippen LogP contribution in [0.4, 0.5) is 9.18 Å². The van der Waals surface area contributed by atoms with Crippen LogP contribution in [0, 0.1) is 12.7 Å². The number of nitrogens with zero attached hydrogens (tertiary/aromatic N) is 1. The standard InChI is InChI=1S/C20H20FN3O3/c1-13-8-9-15(12-16(13)21)17(25)23-24-18(26)20(2,22-19(24)27)11-10-14-6-4-3-5-7-14/h3-9,12H,10-11H2,1-2H3,(H,22,27)(H,23,25). The number of carbonyl (C=O) groups is 3. The van der Waals surface area contributed by atoms with Gasteiger partial charge in [0.1, 0.15) is 11.4 Å². The summed E-state index contributed by atoms with van der Waals surface area (Å²) in [5.74, 6) is -1.82. The molecule has 2 aromatic carbocycles. The Bertz CT molecular complexity index is 901. The van der Waals surface area contributed by atoms with Gasteiger partial charge in [0.25, 0.3) is 11.8 Å². The van der Waals surface area contributed by atoms with Gasteiger partial charge >= 0.3 is 6.03 Å². The predicted octanol–water partition coefficient (Wildman–Crippen LogP) is 2.72. The van der Waals surface area contributed by atoms with Gasteiger partial charge in [-0.05, 0) is 49.9 Å². The van der Waals surface area contributed by atoms with E-state index in [0.717, 1.165) is 11.6 Å². The van der Waals surface area contributed by atoms with Crippen LogP contribution in [0.2, 0.25) is 0 Å². The summed E-state index contributed by atoms with van der Waals surface area (Å²) in [6, 6.07) is 12.8. The number of amides is 4. The van der Waals surface area contributed by atoms with Crippen molar-refractivity contribution in [3.8, 4) is 0 Å². The van der Waals surface area contributed by atoms with Gasteiger partial charge in [0.05, 0.1) is 0 Å². The fourth-order valence-corrected chi connectivity index (χ4v) is 2.89. The minimum absolute atomic E-state index is 0.0246. The number of hydrazine groups is 1. The van der Waals surface area contributed by atoms with Gasteiger partial charge in [-0.2, -0.15) is 5.01 Å². The summed E-state index contributed by atoms with van der Waals surface area (Å²) in [5.41, 5.74) is 2.60. The van der Waals surface area contributed by atoms with E-state index in [1.807, 2.05) is 30.3 Å². The smallest absolute Gasteiger partial charge is 0.322 e. The maximum absolute atomic E-state index is 13.7. The summed E-state index contributed by atoms with van der Waals surface area (Å²) in [6.45, 7) is 3.19. The Morgan fingerprint density at radius 1 is 1.19 bits per heavy atom. The summed E-state index contributed by atoms with van der Waals surface area (Å²) < 4.78 is 13.7. The Hall–Kier alpha value is -3.22. The Morgan fingerprint density at radius 3 is 2.56 bits per heavy atom. The molecule has 2 aromatic rings. The molecule has 1 saturated heterocycles. The summed E-state index contributed by atoms with van der Waals surface area (Å²) in [5, 5.41) is 3.28. The molecule has 140 valence electrons. The quantitative estimate of drug-likeness (QED) is 0.796. The van der Waals surface area contributed by atoms with Gasteiger partial charge in [-0.25, -0.2) is 9.18 Å². The van der Waals surface area contributed by atoms with Crippen LogP contribution in [0.5, 0.6) is 0 Å². The van der Waals surface area contributed by atoms with Crippen LogP contribution in [0.25, 0.3) is 0 Å². The lowest BCUT2D eigenvalue weighted by Gasteiger charge is -2.21. The average Bonchev–Trinajstić information content (AvgIpc) is 2.86. The van der Waals surface area contributed by atoms with Gasteiger partial charge in [0, 0.05) is 5.56 Å². The lowest BCUT2D eigenvalue weighted by Crippen LogP contribution is -2.49. The highest BCUT2D eigenvalue weighted by molar-refractivity contribution is 6.09. The van der Waals surface area contributed by atoms with Gasteiger partial charge in [-0.3, -0.25) is 15.0 Å². The topological polar surface area (TPSA) is 78.5 Å². The van der Waals surface area contributed by atoms with Crippen LogP contribution >= 0.6 is 0 Å². The monoisotopic (exact) mass is 369 g/mol. The third-order valence-electron chi connectivity index (χ3n) is 4.66. The van der Waals surface area contributed by atoms with Gasteiger partial charge < -0.3 is 5.32 Å². The zero-order valence-corrected chi connectivity index (χ0v) is 15.1. The van der Waals surface area contributed by atoms with E-state index in [2.05, 4.69) is 10.7 Å². The maximum Gasteiger partial charge on any atom is 0.344 e. The summed E-state index contributed by atoms with van der Waals surface area (Å²) in [4.78, 5) is 37.2. The number of nitrogens with one attached hydrogen (secondary N) is 2. The number of hydrogen-bond acceptors (Lipinski definition) is 3. The Kier molecular flexibility index (Phi) is 4.94. The summed E-state index contributed by atoms with van der Waals surface area (Å²) in [7, 11) is 0. The van der Waals surface area contributed by atoms with E-state index in [9.17, 15) is 18.8 Å². The van der Waals surface area contributed by atoms with Crippen molar-refractivity contribution in [2.75, 3.05) is 0 Å². The minimum atomic E-state index is -1.13. The second kappa shape index (κ2) is 7.19. The Balaban J connectivity index is 1.69. The Morgan fingerprint density at radius 2 is 1.89 bits per heavy atom. The number of imide groups is 1. The molecule has 1 unspecified atom stereocenters. The van der Waals surface area contributed by atoms with E-state index in [1.165, 1.54) is 12.1 Å². The average molecular weight is 369 g/mol. The lowest BCUT2D eigenvalue weighted by molar-refractivity contribution is -0.132. The highest BCUT2D eigenvalue weighted by atomic mass is 19.1. The predicted molar refractivity (Wildman–Crippen MR) is 97.1 cm³/mol.